The van der Waals surface area contributed by atoms with Crippen molar-refractivity contribution in [3.8, 4) is 5.75 Å². The first-order valence-electron chi connectivity index (χ1n) is 8.72. The molecule has 0 saturated heterocycles. The maximum absolute atomic E-state index is 12.3. The van der Waals surface area contributed by atoms with Gasteiger partial charge in [0, 0.05) is 17.6 Å². The number of nitrogens with zero attached hydrogens (tertiary/aromatic N) is 4. The van der Waals surface area contributed by atoms with Crippen molar-refractivity contribution in [1.82, 2.24) is 30.6 Å². The molecule has 0 aliphatic heterocycles. The second-order valence-electron chi connectivity index (χ2n) is 6.27. The second kappa shape index (κ2) is 7.47. The Morgan fingerprint density at radius 2 is 2.18 bits per heavy atom. The molecular weight excluding hydrogens is 360 g/mol. The van der Waals surface area contributed by atoms with Crippen LogP contribution in [0.25, 0.3) is 10.9 Å². The van der Waals surface area contributed by atoms with Crippen LogP contribution in [0.3, 0.4) is 0 Å². The molecule has 142 valence electrons. The van der Waals surface area contributed by atoms with E-state index in [0.29, 0.717) is 23.2 Å². The number of ether oxygens (including phenoxy) is 1. The first-order valence-corrected chi connectivity index (χ1v) is 8.72. The van der Waals surface area contributed by atoms with Gasteiger partial charge in [-0.1, -0.05) is 23.4 Å². The zero-order valence-electron chi connectivity index (χ0n) is 15.3. The average Bonchev–Trinajstić information content (AvgIpc) is 3.35. The highest BCUT2D eigenvalue weighted by Gasteiger charge is 2.18. The van der Waals surface area contributed by atoms with Crippen molar-refractivity contribution in [3.63, 3.8) is 0 Å². The monoisotopic (exact) mass is 378 g/mol. The molecule has 1 aromatic carbocycles. The molecule has 0 bridgehead atoms. The van der Waals surface area contributed by atoms with Gasteiger partial charge < -0.3 is 14.6 Å². The molecule has 1 amide bonds. The molecule has 4 rings (SSSR count). The van der Waals surface area contributed by atoms with Crippen LogP contribution in [0.2, 0.25) is 0 Å². The Labute approximate surface area is 160 Å². The van der Waals surface area contributed by atoms with E-state index in [-0.39, 0.29) is 24.2 Å². The molecule has 3 heterocycles. The van der Waals surface area contributed by atoms with Crippen molar-refractivity contribution in [3.05, 3.63) is 65.7 Å². The van der Waals surface area contributed by atoms with Crippen LogP contribution in [0.5, 0.6) is 5.75 Å². The number of hydrogen-bond acceptors (Lipinski definition) is 7. The van der Waals surface area contributed by atoms with E-state index >= 15 is 0 Å². The number of carbonyl (C=O) groups is 1. The largest absolute Gasteiger partial charge is 0.483 e. The van der Waals surface area contributed by atoms with Crippen LogP contribution in [0, 0.1) is 6.92 Å². The third-order valence-corrected chi connectivity index (χ3v) is 4.11. The van der Waals surface area contributed by atoms with E-state index in [4.69, 9.17) is 9.26 Å². The van der Waals surface area contributed by atoms with Crippen LogP contribution in [-0.4, -0.2) is 31.2 Å². The summed E-state index contributed by atoms with van der Waals surface area (Å²) in [5, 5.41) is 14.3. The summed E-state index contributed by atoms with van der Waals surface area (Å²) in [6.07, 6.45) is 1.71. The van der Waals surface area contributed by atoms with Crippen molar-refractivity contribution >= 4 is 16.8 Å². The van der Waals surface area contributed by atoms with Crippen molar-refractivity contribution < 1.29 is 14.1 Å². The summed E-state index contributed by atoms with van der Waals surface area (Å²) in [5.41, 5.74) is 0.923. The Morgan fingerprint density at radius 3 is 3.00 bits per heavy atom. The number of hydrogen-bond donors (Lipinski definition) is 2. The highest BCUT2D eigenvalue weighted by Crippen LogP contribution is 2.24. The van der Waals surface area contributed by atoms with E-state index in [9.17, 15) is 4.79 Å². The van der Waals surface area contributed by atoms with Crippen LogP contribution in [0.1, 0.15) is 40.9 Å². The molecular formula is C19H18N6O3. The number of aromatic amines is 1. The second-order valence-corrected chi connectivity index (χ2v) is 6.27. The Balaban J connectivity index is 1.40. The molecule has 0 aliphatic rings. The van der Waals surface area contributed by atoms with E-state index in [1.165, 1.54) is 0 Å². The zero-order valence-corrected chi connectivity index (χ0v) is 15.3. The number of aryl methyl sites for hydroxylation is 1. The van der Waals surface area contributed by atoms with Crippen molar-refractivity contribution in [1.29, 1.82) is 0 Å². The van der Waals surface area contributed by atoms with E-state index in [0.717, 1.165) is 10.9 Å². The lowest BCUT2D eigenvalue weighted by atomic mass is 10.2. The molecule has 1 unspecified atom stereocenters. The first kappa shape index (κ1) is 17.7. The summed E-state index contributed by atoms with van der Waals surface area (Å²) in [6.45, 7) is 3.71. The topological polar surface area (TPSA) is 119 Å². The van der Waals surface area contributed by atoms with E-state index in [2.05, 4.69) is 30.6 Å². The third kappa shape index (κ3) is 3.68. The van der Waals surface area contributed by atoms with Gasteiger partial charge in [0.1, 0.15) is 23.7 Å². The van der Waals surface area contributed by atoms with Crippen LogP contribution in [0.15, 0.2) is 47.1 Å². The van der Waals surface area contributed by atoms with Gasteiger partial charge in [-0.05, 0) is 26.0 Å². The summed E-state index contributed by atoms with van der Waals surface area (Å²) in [4.78, 5) is 20.9. The highest BCUT2D eigenvalue weighted by molar-refractivity contribution is 5.92. The summed E-state index contributed by atoms with van der Waals surface area (Å²) in [7, 11) is 0. The predicted molar refractivity (Wildman–Crippen MR) is 99.6 cm³/mol. The van der Waals surface area contributed by atoms with E-state index in [1.54, 1.807) is 26.1 Å². The molecule has 9 nitrogen and oxygen atoms in total. The zero-order chi connectivity index (χ0) is 19.5. The van der Waals surface area contributed by atoms with E-state index < -0.39 is 0 Å². The minimum Gasteiger partial charge on any atom is -0.483 e. The van der Waals surface area contributed by atoms with Gasteiger partial charge in [-0.15, -0.1) is 0 Å². The van der Waals surface area contributed by atoms with Crippen LogP contribution >= 0.6 is 0 Å². The number of aromatic nitrogens is 5. The van der Waals surface area contributed by atoms with Crippen LogP contribution < -0.4 is 10.1 Å². The van der Waals surface area contributed by atoms with Gasteiger partial charge >= 0.3 is 0 Å². The van der Waals surface area contributed by atoms with Crippen molar-refractivity contribution in [2.75, 3.05) is 0 Å². The predicted octanol–water partition coefficient (Wildman–Crippen LogP) is 2.72. The summed E-state index contributed by atoms with van der Waals surface area (Å²) in [5.74, 6) is 1.87. The van der Waals surface area contributed by atoms with Gasteiger partial charge in [-0.3, -0.25) is 14.9 Å². The number of rotatable bonds is 6. The Morgan fingerprint density at radius 1 is 1.32 bits per heavy atom. The number of H-pyrrole nitrogens is 1. The average molecular weight is 378 g/mol. The van der Waals surface area contributed by atoms with Gasteiger partial charge in [0.25, 0.3) is 5.91 Å². The molecule has 0 fully saturated rings. The Bertz CT molecular complexity index is 1110. The SMILES string of the molecule is Cc1nc(C(C)NC(=O)c2cc(COc3cccc4cccnc34)on2)n[nH]1. The molecule has 1 atom stereocenters. The highest BCUT2D eigenvalue weighted by atomic mass is 16.5. The van der Waals surface area contributed by atoms with Gasteiger partial charge in [-0.25, -0.2) is 4.98 Å². The number of nitrogens with one attached hydrogen (secondary N) is 2. The lowest BCUT2D eigenvalue weighted by Gasteiger charge is -2.08. The Kier molecular flexibility index (Phi) is 4.71. The van der Waals surface area contributed by atoms with Gasteiger partial charge in [0.05, 0.1) is 6.04 Å². The maximum Gasteiger partial charge on any atom is 0.274 e. The number of carbonyl (C=O) groups excluding carboxylic acids is 1. The number of para-hydroxylation sites is 1. The van der Waals surface area contributed by atoms with Gasteiger partial charge in [0.15, 0.2) is 17.3 Å². The number of pyridine rings is 1. The summed E-state index contributed by atoms with van der Waals surface area (Å²) < 4.78 is 11.0. The first-order chi connectivity index (χ1) is 13.6. The lowest BCUT2D eigenvalue weighted by molar-refractivity contribution is 0.0929. The fourth-order valence-electron chi connectivity index (χ4n) is 2.72. The molecule has 28 heavy (non-hydrogen) atoms. The third-order valence-electron chi connectivity index (χ3n) is 4.11. The minimum absolute atomic E-state index is 0.131. The van der Waals surface area contributed by atoms with Crippen LogP contribution in [0.4, 0.5) is 0 Å². The van der Waals surface area contributed by atoms with Crippen LogP contribution in [-0.2, 0) is 6.61 Å². The normalized spacial score (nSPS) is 12.1. The number of amides is 1. The number of fused-ring (bicyclic) bond motifs is 1. The van der Waals surface area contributed by atoms with Crippen molar-refractivity contribution in [2.45, 2.75) is 26.5 Å². The van der Waals surface area contributed by atoms with Gasteiger partial charge in [-0.2, -0.15) is 5.10 Å². The van der Waals surface area contributed by atoms with Crippen molar-refractivity contribution in [2.24, 2.45) is 0 Å². The molecule has 0 radical (unpaired) electrons. The molecule has 9 heteroatoms. The summed E-state index contributed by atoms with van der Waals surface area (Å²) >= 11 is 0. The molecule has 2 N–H and O–H groups in total. The molecule has 0 spiro atoms. The summed E-state index contributed by atoms with van der Waals surface area (Å²) in [6, 6.07) is 10.7. The quantitative estimate of drug-likeness (QED) is 0.529. The standard InChI is InChI=1S/C19H18N6O3/c1-11(18-22-12(2)23-24-18)21-19(26)15-9-14(28-25-15)10-27-16-7-3-5-13-6-4-8-20-17(13)16/h3-9,11H,10H2,1-2H3,(H,21,26)(H,22,23,24). The fraction of sp³-hybridized carbons (Fsp3) is 0.211. The van der Waals surface area contributed by atoms with E-state index in [1.807, 2.05) is 30.3 Å². The molecule has 4 aromatic rings. The minimum atomic E-state index is -0.378. The van der Waals surface area contributed by atoms with Gasteiger partial charge in [0.2, 0.25) is 0 Å². The lowest BCUT2D eigenvalue weighted by Crippen LogP contribution is -2.27. The smallest absolute Gasteiger partial charge is 0.274 e. The molecule has 0 aliphatic carbocycles. The number of benzene rings is 1. The molecule has 3 aromatic heterocycles. The maximum atomic E-state index is 12.3. The molecule has 0 saturated carbocycles. The Hall–Kier alpha value is -3.75. The fourth-order valence-corrected chi connectivity index (χ4v) is 2.72.